The molecule has 1 N–H and O–H groups in total. The van der Waals surface area contributed by atoms with E-state index in [1.54, 1.807) is 0 Å². The Hall–Kier alpha value is -1.78. The van der Waals surface area contributed by atoms with Crippen LogP contribution in [0.15, 0.2) is 23.4 Å². The Morgan fingerprint density at radius 1 is 1.38 bits per heavy atom. The van der Waals surface area contributed by atoms with Gasteiger partial charge in [0, 0.05) is 31.0 Å². The van der Waals surface area contributed by atoms with Gasteiger partial charge in [0.2, 0.25) is 0 Å². The molecule has 2 unspecified atom stereocenters. The lowest BCUT2D eigenvalue weighted by molar-refractivity contribution is 0.0924. The topological polar surface area (TPSA) is 49.4 Å². The highest BCUT2D eigenvalue weighted by Crippen LogP contribution is 2.33. The second kappa shape index (κ2) is 11.8. The molecule has 4 heteroatoms. The fourth-order valence-electron chi connectivity index (χ4n) is 3.31. The van der Waals surface area contributed by atoms with Crippen molar-refractivity contribution < 1.29 is 4.74 Å². The molecule has 1 rings (SSSR count). The zero-order valence-corrected chi connectivity index (χ0v) is 17.0. The van der Waals surface area contributed by atoms with E-state index >= 15 is 0 Å². The zero-order valence-electron chi connectivity index (χ0n) is 17.0. The van der Waals surface area contributed by atoms with Crippen LogP contribution in [0.5, 0.6) is 0 Å². The number of allylic oxidation sites excluding steroid dienone is 2. The minimum atomic E-state index is -0.705. The summed E-state index contributed by atoms with van der Waals surface area (Å²) in [6.45, 7) is 18.5. The van der Waals surface area contributed by atoms with Gasteiger partial charge in [0.05, 0.1) is 0 Å². The molecule has 0 aromatic rings. The maximum Gasteiger partial charge on any atom is 0.332 e. The number of nitriles is 1. The third-order valence-electron chi connectivity index (χ3n) is 4.83. The molecule has 26 heavy (non-hydrogen) atoms. The smallest absolute Gasteiger partial charge is 0.332 e. The molecular formula is C22H35N3O. The Kier molecular flexibility index (Phi) is 10.1. The lowest BCUT2D eigenvalue weighted by Crippen LogP contribution is -2.25. The first-order valence-electron chi connectivity index (χ1n) is 9.96. The summed E-state index contributed by atoms with van der Waals surface area (Å²) in [6, 6.07) is 1.37. The molecule has 0 radical (unpaired) electrons. The van der Waals surface area contributed by atoms with Crippen LogP contribution in [0.25, 0.3) is 4.85 Å². The highest BCUT2D eigenvalue weighted by atomic mass is 16.5. The highest BCUT2D eigenvalue weighted by Gasteiger charge is 2.27. The van der Waals surface area contributed by atoms with Gasteiger partial charge in [0.15, 0.2) is 6.07 Å². The zero-order chi connectivity index (χ0) is 19.4. The van der Waals surface area contributed by atoms with Crippen LogP contribution in [0.1, 0.15) is 66.2 Å². The van der Waals surface area contributed by atoms with E-state index < -0.39 is 6.04 Å². The molecule has 2 atom stereocenters. The standard InChI is InChI=1S/C22H35N3O/c1-6-8-10-18(7-2)17-26-12-9-11-25-20-13-19(21(16-23)24-5)14-22(3,4)15-20/h13-14,18,21,25H,6-12,15,17H2,1-4H3. The van der Waals surface area contributed by atoms with E-state index in [0.717, 1.165) is 43.9 Å². The summed E-state index contributed by atoms with van der Waals surface area (Å²) in [7, 11) is 0. The third kappa shape index (κ3) is 8.07. The van der Waals surface area contributed by atoms with Crippen molar-refractivity contribution in [1.29, 1.82) is 5.26 Å². The van der Waals surface area contributed by atoms with Gasteiger partial charge in [-0.05, 0) is 36.7 Å². The van der Waals surface area contributed by atoms with Crippen molar-refractivity contribution in [2.75, 3.05) is 19.8 Å². The minimum absolute atomic E-state index is 0.0314. The molecular weight excluding hydrogens is 322 g/mol. The van der Waals surface area contributed by atoms with Crippen molar-refractivity contribution in [3.05, 3.63) is 34.8 Å². The normalized spacial score (nSPS) is 18.1. The van der Waals surface area contributed by atoms with Gasteiger partial charge in [-0.3, -0.25) is 4.85 Å². The fraction of sp³-hybridized carbons (Fsp3) is 0.727. The van der Waals surface area contributed by atoms with Crippen LogP contribution < -0.4 is 5.32 Å². The van der Waals surface area contributed by atoms with Crippen LogP contribution in [-0.2, 0) is 4.74 Å². The molecule has 0 fully saturated rings. The molecule has 0 amide bonds. The number of rotatable bonds is 12. The molecule has 4 nitrogen and oxygen atoms in total. The fourth-order valence-corrected chi connectivity index (χ4v) is 3.31. The van der Waals surface area contributed by atoms with Crippen molar-refractivity contribution in [2.24, 2.45) is 11.3 Å². The SMILES string of the molecule is [C-]#[N+]C(C#N)C1=CC(C)(C)CC(NCCCOCC(CC)CCCC)=C1. The van der Waals surface area contributed by atoms with E-state index in [1.807, 2.05) is 6.08 Å². The first-order chi connectivity index (χ1) is 12.5. The van der Waals surface area contributed by atoms with E-state index in [1.165, 1.54) is 25.7 Å². The largest absolute Gasteiger partial charge is 0.388 e. The molecule has 0 saturated carbocycles. The van der Waals surface area contributed by atoms with Crippen LogP contribution in [-0.4, -0.2) is 25.8 Å². The molecule has 1 aliphatic carbocycles. The van der Waals surface area contributed by atoms with Gasteiger partial charge in [0.25, 0.3) is 0 Å². The second-order valence-electron chi connectivity index (χ2n) is 7.91. The van der Waals surface area contributed by atoms with Crippen LogP contribution >= 0.6 is 0 Å². The molecule has 144 valence electrons. The van der Waals surface area contributed by atoms with Crippen LogP contribution in [0.4, 0.5) is 0 Å². The van der Waals surface area contributed by atoms with Gasteiger partial charge >= 0.3 is 6.04 Å². The van der Waals surface area contributed by atoms with Gasteiger partial charge in [-0.2, -0.15) is 5.26 Å². The van der Waals surface area contributed by atoms with Crippen molar-refractivity contribution >= 4 is 0 Å². The van der Waals surface area contributed by atoms with E-state index in [-0.39, 0.29) is 5.41 Å². The quantitative estimate of drug-likeness (QED) is 0.383. The number of nitrogens with zero attached hydrogens (tertiary/aromatic N) is 2. The molecule has 0 bridgehead atoms. The molecule has 0 heterocycles. The van der Waals surface area contributed by atoms with Crippen LogP contribution in [0, 0.1) is 29.2 Å². The first kappa shape index (κ1) is 22.3. The highest BCUT2D eigenvalue weighted by molar-refractivity contribution is 5.40. The Morgan fingerprint density at radius 3 is 2.77 bits per heavy atom. The Labute approximate surface area is 160 Å². The van der Waals surface area contributed by atoms with Crippen LogP contribution in [0.2, 0.25) is 0 Å². The maximum absolute atomic E-state index is 9.16. The Bertz CT molecular complexity index is 549. The summed E-state index contributed by atoms with van der Waals surface area (Å²) in [5.41, 5.74) is 1.90. The molecule has 0 aromatic heterocycles. The van der Waals surface area contributed by atoms with Gasteiger partial charge in [-0.15, -0.1) is 0 Å². The summed E-state index contributed by atoms with van der Waals surface area (Å²) < 4.78 is 5.85. The number of ether oxygens (including phenoxy) is 1. The van der Waals surface area contributed by atoms with Crippen molar-refractivity contribution in [3.8, 4) is 6.07 Å². The molecule has 0 spiro atoms. The first-order valence-corrected chi connectivity index (χ1v) is 9.96. The third-order valence-corrected chi connectivity index (χ3v) is 4.83. The van der Waals surface area contributed by atoms with Crippen molar-refractivity contribution in [1.82, 2.24) is 5.32 Å². The Balaban J connectivity index is 2.37. The number of nitrogens with one attached hydrogen (secondary N) is 1. The summed E-state index contributed by atoms with van der Waals surface area (Å²) in [4.78, 5) is 3.42. The Morgan fingerprint density at radius 2 is 2.15 bits per heavy atom. The van der Waals surface area contributed by atoms with E-state index in [9.17, 15) is 0 Å². The summed E-state index contributed by atoms with van der Waals surface area (Å²) >= 11 is 0. The number of hydrogen-bond acceptors (Lipinski definition) is 3. The average Bonchev–Trinajstić information content (AvgIpc) is 2.60. The lowest BCUT2D eigenvalue weighted by atomic mass is 9.80. The number of unbranched alkanes of at least 4 members (excludes halogenated alkanes) is 1. The van der Waals surface area contributed by atoms with Gasteiger partial charge in [0.1, 0.15) is 0 Å². The van der Waals surface area contributed by atoms with Gasteiger partial charge in [-0.25, -0.2) is 6.57 Å². The predicted molar refractivity (Wildman–Crippen MR) is 107 cm³/mol. The predicted octanol–water partition coefficient (Wildman–Crippen LogP) is 5.25. The molecule has 0 aliphatic heterocycles. The van der Waals surface area contributed by atoms with Gasteiger partial charge < -0.3 is 10.1 Å². The second-order valence-corrected chi connectivity index (χ2v) is 7.91. The lowest BCUT2D eigenvalue weighted by Gasteiger charge is -2.28. The van der Waals surface area contributed by atoms with Crippen molar-refractivity contribution in [3.63, 3.8) is 0 Å². The van der Waals surface area contributed by atoms with E-state index in [0.29, 0.717) is 5.92 Å². The minimum Gasteiger partial charge on any atom is -0.388 e. The monoisotopic (exact) mass is 357 g/mol. The van der Waals surface area contributed by atoms with Crippen molar-refractivity contribution in [2.45, 2.75) is 72.3 Å². The molecule has 0 saturated heterocycles. The molecule has 0 aromatic carbocycles. The van der Waals surface area contributed by atoms with Crippen LogP contribution in [0.3, 0.4) is 0 Å². The molecule has 1 aliphatic rings. The van der Waals surface area contributed by atoms with E-state index in [2.05, 4.69) is 50.0 Å². The summed E-state index contributed by atoms with van der Waals surface area (Å²) in [5.74, 6) is 0.689. The summed E-state index contributed by atoms with van der Waals surface area (Å²) in [6.07, 6.45) is 10.9. The number of hydrogen-bond donors (Lipinski definition) is 1. The summed E-state index contributed by atoms with van der Waals surface area (Å²) in [5, 5.41) is 12.6. The van der Waals surface area contributed by atoms with Gasteiger partial charge in [-0.1, -0.05) is 53.0 Å². The average molecular weight is 358 g/mol. The van der Waals surface area contributed by atoms with E-state index in [4.69, 9.17) is 16.6 Å². The maximum atomic E-state index is 9.16.